The Morgan fingerprint density at radius 2 is 1.75 bits per heavy atom. The van der Waals surface area contributed by atoms with Crippen LogP contribution < -0.4 is 5.32 Å². The number of benzene rings is 2. The number of nitrogens with one attached hydrogen (secondary N) is 1. The van der Waals surface area contributed by atoms with E-state index in [1.807, 2.05) is 24.3 Å². The highest BCUT2D eigenvalue weighted by atomic mass is 16.1. The van der Waals surface area contributed by atoms with E-state index in [4.69, 9.17) is 0 Å². The van der Waals surface area contributed by atoms with Crippen molar-refractivity contribution in [3.63, 3.8) is 0 Å². The standard InChI is InChI=1S/C21H20N2O/c1-15-9-11-17(12-10-15)23-19-8-5-13-22-21(24)18(19)14-20(23)16-6-3-2-4-7-16/h2-4,6-7,9-12,14H,5,8,13H2,1H3,(H,22,24). The second-order valence-electron chi connectivity index (χ2n) is 6.29. The van der Waals surface area contributed by atoms with Gasteiger partial charge in [-0.05, 0) is 43.5 Å². The number of hydrogen-bond donors (Lipinski definition) is 1. The molecule has 2 heterocycles. The van der Waals surface area contributed by atoms with E-state index in [2.05, 4.69) is 53.2 Å². The van der Waals surface area contributed by atoms with Crippen LogP contribution in [0.1, 0.15) is 28.0 Å². The number of aromatic nitrogens is 1. The molecule has 1 aromatic heterocycles. The van der Waals surface area contributed by atoms with Crippen LogP contribution in [0.2, 0.25) is 0 Å². The lowest BCUT2D eigenvalue weighted by atomic mass is 10.1. The SMILES string of the molecule is Cc1ccc(-n2c(-c3ccccc3)cc3c2CCCNC3=O)cc1. The molecule has 0 unspecified atom stereocenters. The summed E-state index contributed by atoms with van der Waals surface area (Å²) in [6.45, 7) is 2.83. The van der Waals surface area contributed by atoms with Crippen molar-refractivity contribution in [1.82, 2.24) is 9.88 Å². The molecule has 0 saturated heterocycles. The van der Waals surface area contributed by atoms with Crippen LogP contribution in [0.4, 0.5) is 0 Å². The number of fused-ring (bicyclic) bond motifs is 1. The van der Waals surface area contributed by atoms with Gasteiger partial charge in [0.15, 0.2) is 0 Å². The van der Waals surface area contributed by atoms with Crippen LogP contribution >= 0.6 is 0 Å². The lowest BCUT2D eigenvalue weighted by Gasteiger charge is -2.14. The molecule has 3 nitrogen and oxygen atoms in total. The molecule has 1 N–H and O–H groups in total. The fourth-order valence-electron chi connectivity index (χ4n) is 3.36. The maximum atomic E-state index is 12.5. The van der Waals surface area contributed by atoms with Gasteiger partial charge < -0.3 is 9.88 Å². The highest BCUT2D eigenvalue weighted by molar-refractivity contribution is 5.97. The van der Waals surface area contributed by atoms with Gasteiger partial charge in [-0.2, -0.15) is 0 Å². The number of aryl methyl sites for hydroxylation is 1. The topological polar surface area (TPSA) is 34.0 Å². The van der Waals surface area contributed by atoms with Crippen LogP contribution in [0.3, 0.4) is 0 Å². The molecule has 24 heavy (non-hydrogen) atoms. The molecule has 1 aliphatic rings. The Morgan fingerprint density at radius 1 is 1.00 bits per heavy atom. The number of hydrogen-bond acceptors (Lipinski definition) is 1. The van der Waals surface area contributed by atoms with Crippen molar-refractivity contribution in [2.24, 2.45) is 0 Å². The number of rotatable bonds is 2. The summed E-state index contributed by atoms with van der Waals surface area (Å²) in [5, 5.41) is 3.00. The van der Waals surface area contributed by atoms with Gasteiger partial charge >= 0.3 is 0 Å². The van der Waals surface area contributed by atoms with Crippen LogP contribution in [0, 0.1) is 6.92 Å². The van der Waals surface area contributed by atoms with Crippen molar-refractivity contribution in [2.75, 3.05) is 6.54 Å². The maximum Gasteiger partial charge on any atom is 0.253 e. The zero-order chi connectivity index (χ0) is 16.5. The van der Waals surface area contributed by atoms with Crippen LogP contribution in [-0.2, 0) is 6.42 Å². The van der Waals surface area contributed by atoms with E-state index < -0.39 is 0 Å². The second-order valence-corrected chi connectivity index (χ2v) is 6.29. The largest absolute Gasteiger partial charge is 0.352 e. The molecule has 0 fully saturated rings. The van der Waals surface area contributed by atoms with Crippen molar-refractivity contribution in [1.29, 1.82) is 0 Å². The smallest absolute Gasteiger partial charge is 0.253 e. The molecule has 1 amide bonds. The van der Waals surface area contributed by atoms with E-state index in [0.29, 0.717) is 0 Å². The van der Waals surface area contributed by atoms with E-state index in [-0.39, 0.29) is 5.91 Å². The van der Waals surface area contributed by atoms with Gasteiger partial charge in [-0.3, -0.25) is 4.79 Å². The molecule has 4 rings (SSSR count). The fourth-order valence-corrected chi connectivity index (χ4v) is 3.36. The molecular weight excluding hydrogens is 296 g/mol. The fraction of sp³-hybridized carbons (Fsp3) is 0.190. The van der Waals surface area contributed by atoms with E-state index >= 15 is 0 Å². The monoisotopic (exact) mass is 316 g/mol. The molecule has 120 valence electrons. The van der Waals surface area contributed by atoms with Crippen molar-refractivity contribution in [3.05, 3.63) is 77.5 Å². The predicted octanol–water partition coefficient (Wildman–Crippen LogP) is 4.13. The zero-order valence-electron chi connectivity index (χ0n) is 13.8. The van der Waals surface area contributed by atoms with Gasteiger partial charge in [-0.25, -0.2) is 0 Å². The van der Waals surface area contributed by atoms with Crippen LogP contribution in [0.15, 0.2) is 60.7 Å². The molecule has 3 aromatic rings. The molecule has 0 atom stereocenters. The van der Waals surface area contributed by atoms with Gasteiger partial charge in [-0.15, -0.1) is 0 Å². The predicted molar refractivity (Wildman–Crippen MR) is 96.6 cm³/mol. The third kappa shape index (κ3) is 2.52. The Morgan fingerprint density at radius 3 is 2.50 bits per heavy atom. The number of carbonyl (C=O) groups is 1. The van der Waals surface area contributed by atoms with Crippen molar-refractivity contribution < 1.29 is 4.79 Å². The highest BCUT2D eigenvalue weighted by Crippen LogP contribution is 2.31. The van der Waals surface area contributed by atoms with Crippen molar-refractivity contribution >= 4 is 5.91 Å². The Labute approximate surface area is 141 Å². The second kappa shape index (κ2) is 6.00. The average Bonchev–Trinajstić information content (AvgIpc) is 2.90. The summed E-state index contributed by atoms with van der Waals surface area (Å²) in [6.07, 6.45) is 1.86. The first-order chi connectivity index (χ1) is 11.7. The van der Waals surface area contributed by atoms with E-state index in [0.717, 1.165) is 47.6 Å². The Kier molecular flexibility index (Phi) is 3.69. The third-order valence-corrected chi connectivity index (χ3v) is 4.59. The summed E-state index contributed by atoms with van der Waals surface area (Å²) in [5.41, 5.74) is 6.44. The van der Waals surface area contributed by atoms with Gasteiger partial charge in [0.2, 0.25) is 0 Å². The first-order valence-electron chi connectivity index (χ1n) is 8.39. The van der Waals surface area contributed by atoms with E-state index in [1.165, 1.54) is 5.56 Å². The molecule has 0 spiro atoms. The molecule has 2 aromatic carbocycles. The lowest BCUT2D eigenvalue weighted by molar-refractivity contribution is 0.0956. The number of carbonyl (C=O) groups excluding carboxylic acids is 1. The summed E-state index contributed by atoms with van der Waals surface area (Å²) < 4.78 is 2.25. The zero-order valence-corrected chi connectivity index (χ0v) is 13.8. The lowest BCUT2D eigenvalue weighted by Crippen LogP contribution is -2.22. The van der Waals surface area contributed by atoms with E-state index in [9.17, 15) is 4.79 Å². The van der Waals surface area contributed by atoms with E-state index in [1.54, 1.807) is 0 Å². The van der Waals surface area contributed by atoms with Crippen LogP contribution in [0.5, 0.6) is 0 Å². The Hall–Kier alpha value is -2.81. The molecule has 1 aliphatic heterocycles. The van der Waals surface area contributed by atoms with Crippen LogP contribution in [0.25, 0.3) is 16.9 Å². The van der Waals surface area contributed by atoms with Gasteiger partial charge in [0.25, 0.3) is 5.91 Å². The molecule has 3 heteroatoms. The van der Waals surface area contributed by atoms with Crippen molar-refractivity contribution in [2.45, 2.75) is 19.8 Å². The van der Waals surface area contributed by atoms with Gasteiger partial charge in [0.05, 0.1) is 11.3 Å². The summed E-state index contributed by atoms with van der Waals surface area (Å²) in [4.78, 5) is 12.5. The first kappa shape index (κ1) is 14.8. The van der Waals surface area contributed by atoms with Gasteiger partial charge in [0, 0.05) is 17.9 Å². The summed E-state index contributed by atoms with van der Waals surface area (Å²) in [7, 11) is 0. The molecule has 0 aliphatic carbocycles. The highest BCUT2D eigenvalue weighted by Gasteiger charge is 2.23. The summed E-state index contributed by atoms with van der Waals surface area (Å²) in [5.74, 6) is 0.0329. The first-order valence-corrected chi connectivity index (χ1v) is 8.39. The maximum absolute atomic E-state index is 12.5. The minimum absolute atomic E-state index is 0.0329. The molecule has 0 bridgehead atoms. The normalized spacial score (nSPS) is 14.0. The quantitative estimate of drug-likeness (QED) is 0.758. The number of nitrogens with zero attached hydrogens (tertiary/aromatic N) is 1. The third-order valence-electron chi connectivity index (χ3n) is 4.59. The minimum Gasteiger partial charge on any atom is -0.352 e. The van der Waals surface area contributed by atoms with Crippen LogP contribution in [-0.4, -0.2) is 17.0 Å². The Balaban J connectivity index is 1.98. The number of amides is 1. The summed E-state index contributed by atoms with van der Waals surface area (Å²) in [6, 6.07) is 20.8. The van der Waals surface area contributed by atoms with Gasteiger partial charge in [0.1, 0.15) is 0 Å². The molecule has 0 radical (unpaired) electrons. The minimum atomic E-state index is 0.0329. The van der Waals surface area contributed by atoms with Gasteiger partial charge in [-0.1, -0.05) is 48.0 Å². The Bertz CT molecular complexity index is 876. The van der Waals surface area contributed by atoms with Crippen molar-refractivity contribution in [3.8, 4) is 16.9 Å². The molecule has 0 saturated carbocycles. The molecular formula is C21H20N2O. The average molecular weight is 316 g/mol. The summed E-state index contributed by atoms with van der Waals surface area (Å²) >= 11 is 0.